The van der Waals surface area contributed by atoms with E-state index >= 15 is 0 Å². The van der Waals surface area contributed by atoms with Crippen molar-refractivity contribution in [2.24, 2.45) is 5.14 Å². The molecule has 1 aromatic carbocycles. The predicted octanol–water partition coefficient (Wildman–Crippen LogP) is 0.737. The zero-order valence-electron chi connectivity index (χ0n) is 11.6. The van der Waals surface area contributed by atoms with Crippen molar-refractivity contribution in [1.29, 1.82) is 0 Å². The lowest BCUT2D eigenvalue weighted by atomic mass is 10.2. The lowest BCUT2D eigenvalue weighted by Gasteiger charge is -2.10. The fourth-order valence-electron chi connectivity index (χ4n) is 2.21. The van der Waals surface area contributed by atoms with Crippen molar-refractivity contribution in [3.8, 4) is 5.82 Å². The topological polar surface area (TPSA) is 108 Å². The molecule has 7 nitrogen and oxygen atoms in total. The maximum absolute atomic E-state index is 12.2. The Morgan fingerprint density at radius 3 is 2.59 bits per heavy atom. The van der Waals surface area contributed by atoms with Crippen molar-refractivity contribution >= 4 is 20.9 Å². The van der Waals surface area contributed by atoms with Gasteiger partial charge in [0.15, 0.2) is 0 Å². The summed E-state index contributed by atoms with van der Waals surface area (Å²) in [4.78, 5) is 20.4. The van der Waals surface area contributed by atoms with E-state index in [1.54, 1.807) is 25.3 Å². The summed E-state index contributed by atoms with van der Waals surface area (Å²) >= 11 is 0. The van der Waals surface area contributed by atoms with E-state index in [-0.39, 0.29) is 10.5 Å². The Morgan fingerprint density at radius 1 is 1.14 bits per heavy atom. The molecule has 2 aromatic heterocycles. The first-order valence-electron chi connectivity index (χ1n) is 6.35. The molecular weight excluding hydrogens is 304 g/mol. The zero-order chi connectivity index (χ0) is 15.9. The number of sulfonamides is 1. The maximum atomic E-state index is 12.2. The van der Waals surface area contributed by atoms with Crippen molar-refractivity contribution in [2.75, 3.05) is 0 Å². The van der Waals surface area contributed by atoms with Gasteiger partial charge in [0.2, 0.25) is 10.0 Å². The van der Waals surface area contributed by atoms with Gasteiger partial charge in [-0.2, -0.15) is 0 Å². The lowest BCUT2D eigenvalue weighted by Crippen LogP contribution is -2.19. The van der Waals surface area contributed by atoms with Crippen molar-refractivity contribution in [1.82, 2.24) is 14.5 Å². The molecule has 0 spiro atoms. The normalized spacial score (nSPS) is 11.7. The minimum absolute atomic E-state index is 0.0101. The van der Waals surface area contributed by atoms with Crippen LogP contribution in [0.15, 0.2) is 52.3 Å². The van der Waals surface area contributed by atoms with Gasteiger partial charge < -0.3 is 0 Å². The number of benzene rings is 1. The average molecular weight is 316 g/mol. The van der Waals surface area contributed by atoms with Gasteiger partial charge >= 0.3 is 0 Å². The second kappa shape index (κ2) is 5.00. The third-order valence-electron chi connectivity index (χ3n) is 3.18. The summed E-state index contributed by atoms with van der Waals surface area (Å²) < 4.78 is 24.3. The fraction of sp³-hybridized carbons (Fsp3) is 0.0714. The fourth-order valence-corrected chi connectivity index (χ4v) is 2.75. The molecule has 0 bridgehead atoms. The maximum Gasteiger partial charge on any atom is 0.256 e. The van der Waals surface area contributed by atoms with Crippen molar-refractivity contribution in [3.63, 3.8) is 0 Å². The molecule has 0 saturated heterocycles. The third-order valence-corrected chi connectivity index (χ3v) is 4.10. The molecule has 0 unspecified atom stereocenters. The Balaban J connectivity index is 2.36. The highest BCUT2D eigenvalue weighted by Gasteiger charge is 2.12. The predicted molar refractivity (Wildman–Crippen MR) is 81.2 cm³/mol. The SMILES string of the molecule is Cc1nccc(-n2c(=O)ccc3cc(S(N)(=O)=O)ccc32)n1. The number of hydrogen-bond acceptors (Lipinski definition) is 5. The number of hydrogen-bond donors (Lipinski definition) is 1. The first kappa shape index (κ1) is 14.4. The Morgan fingerprint density at radius 2 is 1.91 bits per heavy atom. The van der Waals surface area contributed by atoms with Crippen LogP contribution in [0.3, 0.4) is 0 Å². The molecule has 112 valence electrons. The molecule has 0 saturated carbocycles. The van der Waals surface area contributed by atoms with Gasteiger partial charge in [0, 0.05) is 17.6 Å². The van der Waals surface area contributed by atoms with E-state index in [9.17, 15) is 13.2 Å². The van der Waals surface area contributed by atoms with Crippen LogP contribution in [0.5, 0.6) is 0 Å². The molecular formula is C14H12N4O3S. The number of primary sulfonamides is 1. The van der Waals surface area contributed by atoms with E-state index in [1.165, 1.54) is 28.8 Å². The number of pyridine rings is 1. The quantitative estimate of drug-likeness (QED) is 0.750. The molecule has 0 amide bonds. The van der Waals surface area contributed by atoms with Crippen LogP contribution in [-0.4, -0.2) is 23.0 Å². The largest absolute Gasteiger partial charge is 0.269 e. The molecule has 3 rings (SSSR count). The Hall–Kier alpha value is -2.58. The number of nitrogens with two attached hydrogens (primary N) is 1. The van der Waals surface area contributed by atoms with E-state index in [2.05, 4.69) is 9.97 Å². The van der Waals surface area contributed by atoms with Crippen molar-refractivity contribution in [3.05, 3.63) is 58.8 Å². The van der Waals surface area contributed by atoms with Gasteiger partial charge in [0.1, 0.15) is 11.6 Å². The summed E-state index contributed by atoms with van der Waals surface area (Å²) in [5.74, 6) is 0.953. The Bertz CT molecular complexity index is 1040. The van der Waals surface area contributed by atoms with E-state index in [4.69, 9.17) is 5.14 Å². The Kier molecular flexibility index (Phi) is 3.27. The zero-order valence-corrected chi connectivity index (χ0v) is 12.4. The average Bonchev–Trinajstić information content (AvgIpc) is 2.45. The molecule has 0 aliphatic heterocycles. The number of rotatable bonds is 2. The molecule has 0 radical (unpaired) electrons. The standard InChI is InChI=1S/C14H12N4O3S/c1-9-16-7-6-13(17-9)18-12-4-3-11(22(15,20)21)8-10(12)2-5-14(18)19/h2-8H,1H3,(H2,15,20,21). The Labute approximate surface area is 126 Å². The van der Waals surface area contributed by atoms with E-state index in [0.717, 1.165) is 0 Å². The van der Waals surface area contributed by atoms with Gasteiger partial charge in [-0.05, 0) is 37.3 Å². The third kappa shape index (κ3) is 2.49. The van der Waals surface area contributed by atoms with Crippen LogP contribution < -0.4 is 10.7 Å². The summed E-state index contributed by atoms with van der Waals surface area (Å²) in [5, 5.41) is 5.70. The molecule has 0 fully saturated rings. The molecule has 22 heavy (non-hydrogen) atoms. The highest BCUT2D eigenvalue weighted by molar-refractivity contribution is 7.89. The molecule has 0 atom stereocenters. The first-order chi connectivity index (χ1) is 10.4. The van der Waals surface area contributed by atoms with E-state index in [1.807, 2.05) is 0 Å². The molecule has 8 heteroatoms. The second-order valence-corrected chi connectivity index (χ2v) is 6.30. The van der Waals surface area contributed by atoms with E-state index in [0.29, 0.717) is 22.5 Å². The molecule has 0 aliphatic rings. The smallest absolute Gasteiger partial charge is 0.256 e. The van der Waals surface area contributed by atoms with Crippen LogP contribution in [0.25, 0.3) is 16.7 Å². The van der Waals surface area contributed by atoms with Crippen LogP contribution in [0.2, 0.25) is 0 Å². The minimum atomic E-state index is -3.80. The number of aryl methyl sites for hydroxylation is 1. The molecule has 2 N–H and O–H groups in total. The van der Waals surface area contributed by atoms with Gasteiger partial charge in [-0.25, -0.2) is 23.5 Å². The molecule has 3 aromatic rings. The van der Waals surface area contributed by atoms with Crippen molar-refractivity contribution < 1.29 is 8.42 Å². The van der Waals surface area contributed by atoms with Crippen LogP contribution in [0.1, 0.15) is 5.82 Å². The van der Waals surface area contributed by atoms with Crippen molar-refractivity contribution in [2.45, 2.75) is 11.8 Å². The van der Waals surface area contributed by atoms with Gasteiger partial charge in [-0.1, -0.05) is 0 Å². The highest BCUT2D eigenvalue weighted by atomic mass is 32.2. The van der Waals surface area contributed by atoms with Gasteiger partial charge in [-0.3, -0.25) is 9.36 Å². The molecule has 0 aliphatic carbocycles. The van der Waals surface area contributed by atoms with Gasteiger partial charge in [0.25, 0.3) is 5.56 Å². The summed E-state index contributed by atoms with van der Waals surface area (Å²) in [7, 11) is -3.80. The number of aromatic nitrogens is 3. The second-order valence-electron chi connectivity index (χ2n) is 4.73. The summed E-state index contributed by atoms with van der Waals surface area (Å²) in [6.45, 7) is 1.72. The number of fused-ring (bicyclic) bond motifs is 1. The summed E-state index contributed by atoms with van der Waals surface area (Å²) in [6.07, 6.45) is 1.56. The molecule has 2 heterocycles. The first-order valence-corrected chi connectivity index (χ1v) is 7.89. The van der Waals surface area contributed by atoms with Gasteiger partial charge in [0.05, 0.1) is 10.4 Å². The summed E-state index contributed by atoms with van der Waals surface area (Å²) in [6, 6.07) is 8.84. The van der Waals surface area contributed by atoms with E-state index < -0.39 is 10.0 Å². The van der Waals surface area contributed by atoms with Crippen LogP contribution >= 0.6 is 0 Å². The monoisotopic (exact) mass is 316 g/mol. The highest BCUT2D eigenvalue weighted by Crippen LogP contribution is 2.19. The van der Waals surface area contributed by atoms with Crippen LogP contribution in [-0.2, 0) is 10.0 Å². The lowest BCUT2D eigenvalue weighted by molar-refractivity contribution is 0.598. The summed E-state index contributed by atoms with van der Waals surface area (Å²) in [5.41, 5.74) is 0.270. The minimum Gasteiger partial charge on any atom is -0.269 e. The van der Waals surface area contributed by atoms with Crippen LogP contribution in [0, 0.1) is 6.92 Å². The van der Waals surface area contributed by atoms with Gasteiger partial charge in [-0.15, -0.1) is 0 Å². The number of nitrogens with zero attached hydrogens (tertiary/aromatic N) is 3. The van der Waals surface area contributed by atoms with Crippen LogP contribution in [0.4, 0.5) is 0 Å².